The van der Waals surface area contributed by atoms with Gasteiger partial charge in [-0.2, -0.15) is 0 Å². The van der Waals surface area contributed by atoms with Crippen LogP contribution < -0.4 is 9.26 Å². The maximum atomic E-state index is 10.5. The quantitative estimate of drug-likeness (QED) is 0.568. The Kier molecular flexibility index (Phi) is 3.80. The van der Waals surface area contributed by atoms with E-state index in [9.17, 15) is 4.79 Å². The third kappa shape index (κ3) is 2.47. The van der Waals surface area contributed by atoms with Crippen molar-refractivity contribution in [1.29, 1.82) is 0 Å². The van der Waals surface area contributed by atoms with Gasteiger partial charge in [0.2, 0.25) is 7.58 Å². The van der Waals surface area contributed by atoms with E-state index in [0.29, 0.717) is 24.6 Å². The molecule has 0 aliphatic heterocycles. The summed E-state index contributed by atoms with van der Waals surface area (Å²) in [6.45, 7) is 0. The molecule has 68 valence electrons. The molecule has 3 nitrogen and oxygen atoms in total. The summed E-state index contributed by atoms with van der Waals surface area (Å²) in [7, 11) is 1.90. The average molecular weight is 214 g/mol. The second kappa shape index (κ2) is 4.90. The van der Waals surface area contributed by atoms with Crippen LogP contribution in [0, 0.1) is 0 Å². The second-order valence-corrected chi connectivity index (χ2v) is 2.97. The minimum Gasteiger partial charge on any atom is -0.496 e. The van der Waals surface area contributed by atoms with Crippen molar-refractivity contribution in [3.05, 3.63) is 23.8 Å². The first-order chi connectivity index (χ1) is 6.31. The van der Waals surface area contributed by atoms with Crippen LogP contribution in [0.2, 0.25) is 0 Å². The van der Waals surface area contributed by atoms with Crippen LogP contribution in [-0.4, -0.2) is 13.4 Å². The highest BCUT2D eigenvalue weighted by Crippen LogP contribution is 2.25. The first-order valence-corrected chi connectivity index (χ1v) is 5.27. The molecule has 1 aromatic carbocycles. The largest absolute Gasteiger partial charge is 0.496 e. The molecular weight excluding hydrogens is 207 g/mol. The lowest BCUT2D eigenvalue weighted by Crippen LogP contribution is -1.90. The van der Waals surface area contributed by atoms with Crippen LogP contribution in [0.5, 0.6) is 11.5 Å². The normalized spacial score (nSPS) is 9.62. The summed E-state index contributed by atoms with van der Waals surface area (Å²) in [6.07, 6.45) is 0.730. The van der Waals surface area contributed by atoms with Crippen molar-refractivity contribution in [2.75, 3.05) is 7.11 Å². The van der Waals surface area contributed by atoms with Crippen LogP contribution in [0.25, 0.3) is 0 Å². The molecule has 5 heteroatoms. The number of rotatable bonds is 4. The van der Waals surface area contributed by atoms with E-state index in [1.54, 1.807) is 18.2 Å². The predicted molar refractivity (Wildman–Crippen MR) is 53.3 cm³/mol. The SMILES string of the molecule is COc1cc(OP=S)ccc1C=O. The molecule has 0 saturated carbocycles. The van der Waals surface area contributed by atoms with Gasteiger partial charge in [0, 0.05) is 6.07 Å². The van der Waals surface area contributed by atoms with Crippen molar-refractivity contribution < 1.29 is 14.1 Å². The van der Waals surface area contributed by atoms with Gasteiger partial charge >= 0.3 is 0 Å². The second-order valence-electron chi connectivity index (χ2n) is 2.19. The first kappa shape index (κ1) is 10.1. The van der Waals surface area contributed by atoms with E-state index in [-0.39, 0.29) is 0 Å². The molecule has 1 rings (SSSR count). The molecule has 0 spiro atoms. The van der Waals surface area contributed by atoms with E-state index in [1.807, 2.05) is 0 Å². The van der Waals surface area contributed by atoms with E-state index in [0.717, 1.165) is 6.29 Å². The summed E-state index contributed by atoms with van der Waals surface area (Å²) in [4.78, 5) is 10.5. The summed E-state index contributed by atoms with van der Waals surface area (Å²) >= 11 is 4.61. The number of hydrogen-bond acceptors (Lipinski definition) is 4. The van der Waals surface area contributed by atoms with Gasteiger partial charge in [0.05, 0.1) is 12.7 Å². The van der Waals surface area contributed by atoms with E-state index in [1.165, 1.54) is 7.11 Å². The van der Waals surface area contributed by atoms with Gasteiger partial charge in [-0.1, -0.05) is 0 Å². The number of aldehydes is 1. The highest BCUT2D eigenvalue weighted by Gasteiger charge is 2.03. The van der Waals surface area contributed by atoms with Crippen molar-refractivity contribution in [2.45, 2.75) is 0 Å². The van der Waals surface area contributed by atoms with Gasteiger partial charge in [-0.15, -0.1) is 0 Å². The lowest BCUT2D eigenvalue weighted by Gasteiger charge is -2.04. The van der Waals surface area contributed by atoms with Gasteiger partial charge in [0.1, 0.15) is 11.5 Å². The monoisotopic (exact) mass is 214 g/mol. The summed E-state index contributed by atoms with van der Waals surface area (Å²) in [5.74, 6) is 1.09. The Morgan fingerprint density at radius 1 is 1.54 bits per heavy atom. The highest BCUT2D eigenvalue weighted by atomic mass is 32.4. The molecule has 0 aromatic heterocycles. The minimum atomic E-state index is 0.398. The van der Waals surface area contributed by atoms with E-state index in [4.69, 9.17) is 9.26 Å². The number of ether oxygens (including phenoxy) is 1. The van der Waals surface area contributed by atoms with Crippen LogP contribution in [0.4, 0.5) is 0 Å². The molecule has 0 saturated heterocycles. The van der Waals surface area contributed by atoms with Crippen molar-refractivity contribution in [2.24, 2.45) is 0 Å². The Balaban J connectivity index is 3.04. The van der Waals surface area contributed by atoms with Gasteiger partial charge < -0.3 is 9.26 Å². The molecular formula is C8H7O3PS. The maximum absolute atomic E-state index is 10.5. The van der Waals surface area contributed by atoms with E-state index >= 15 is 0 Å². The Bertz CT molecular complexity index is 327. The molecule has 0 aliphatic rings. The standard InChI is InChI=1S/C8H7O3PS/c1-10-8-4-7(11-12-13)3-2-6(8)5-9/h2-5H,1H3. The number of methoxy groups -OCH3 is 1. The zero-order valence-corrected chi connectivity index (χ0v) is 8.60. The highest BCUT2D eigenvalue weighted by molar-refractivity contribution is 7.94. The Morgan fingerprint density at radius 3 is 2.85 bits per heavy atom. The first-order valence-electron chi connectivity index (χ1n) is 3.44. The summed E-state index contributed by atoms with van der Waals surface area (Å²) in [5, 5.41) is 0. The summed E-state index contributed by atoms with van der Waals surface area (Å²) in [5.41, 5.74) is 0.496. The lowest BCUT2D eigenvalue weighted by molar-refractivity contribution is 0.112. The number of benzene rings is 1. The zero-order valence-electron chi connectivity index (χ0n) is 6.89. The van der Waals surface area contributed by atoms with Gasteiger partial charge in [-0.25, -0.2) is 0 Å². The molecule has 0 amide bonds. The van der Waals surface area contributed by atoms with Crippen LogP contribution >= 0.6 is 7.58 Å². The third-order valence-electron chi connectivity index (χ3n) is 1.47. The lowest BCUT2D eigenvalue weighted by atomic mass is 10.2. The summed E-state index contributed by atoms with van der Waals surface area (Å²) < 4.78 is 10.0. The van der Waals surface area contributed by atoms with Gasteiger partial charge in [0.15, 0.2) is 6.29 Å². The average Bonchev–Trinajstić information content (AvgIpc) is 2.18. The molecule has 0 unspecified atom stereocenters. The van der Waals surface area contributed by atoms with Crippen molar-refractivity contribution in [1.82, 2.24) is 0 Å². The Hall–Kier alpha value is -0.990. The van der Waals surface area contributed by atoms with Crippen LogP contribution in [-0.2, 0) is 11.8 Å². The van der Waals surface area contributed by atoms with Gasteiger partial charge in [0.25, 0.3) is 0 Å². The van der Waals surface area contributed by atoms with Gasteiger partial charge in [-0.05, 0) is 23.9 Å². The predicted octanol–water partition coefficient (Wildman–Crippen LogP) is 2.21. The molecule has 0 fully saturated rings. The van der Waals surface area contributed by atoms with Crippen molar-refractivity contribution >= 4 is 25.7 Å². The maximum Gasteiger partial charge on any atom is 0.205 e. The smallest absolute Gasteiger partial charge is 0.205 e. The molecule has 0 radical (unpaired) electrons. The topological polar surface area (TPSA) is 35.5 Å². The number of hydrogen-bond donors (Lipinski definition) is 0. The molecule has 0 bridgehead atoms. The molecule has 13 heavy (non-hydrogen) atoms. The fraction of sp³-hybridized carbons (Fsp3) is 0.125. The number of carbonyl (C=O) groups is 1. The van der Waals surface area contributed by atoms with E-state index in [2.05, 4.69) is 11.8 Å². The van der Waals surface area contributed by atoms with Crippen molar-refractivity contribution in [3.8, 4) is 11.5 Å². The fourth-order valence-electron chi connectivity index (χ4n) is 0.889. The summed E-state index contributed by atoms with van der Waals surface area (Å²) in [6, 6.07) is 4.93. The molecule has 0 heterocycles. The molecule has 0 N–H and O–H groups in total. The van der Waals surface area contributed by atoms with Crippen LogP contribution in [0.3, 0.4) is 0 Å². The minimum absolute atomic E-state index is 0.398. The zero-order chi connectivity index (χ0) is 9.68. The molecule has 0 aliphatic carbocycles. The van der Waals surface area contributed by atoms with E-state index < -0.39 is 0 Å². The fourth-order valence-corrected chi connectivity index (χ4v) is 1.35. The molecule has 1 aromatic rings. The van der Waals surface area contributed by atoms with Crippen molar-refractivity contribution in [3.63, 3.8) is 0 Å². The Labute approximate surface area is 82.6 Å². The Morgan fingerprint density at radius 2 is 2.31 bits per heavy atom. The van der Waals surface area contributed by atoms with Crippen LogP contribution in [0.15, 0.2) is 18.2 Å². The third-order valence-corrected chi connectivity index (χ3v) is 1.98. The van der Waals surface area contributed by atoms with Crippen LogP contribution in [0.1, 0.15) is 10.4 Å². The number of carbonyl (C=O) groups excluding carboxylic acids is 1. The molecule has 0 atom stereocenters. The van der Waals surface area contributed by atoms with Gasteiger partial charge in [-0.3, -0.25) is 4.79 Å².